The zero-order valence-electron chi connectivity index (χ0n) is 9.67. The number of amides is 1. The lowest BCUT2D eigenvalue weighted by Crippen LogP contribution is -2.27. The molecule has 2 aromatic rings. The second-order valence-corrected chi connectivity index (χ2v) is 4.21. The molecule has 0 spiro atoms. The van der Waals surface area contributed by atoms with Crippen molar-refractivity contribution < 1.29 is 4.79 Å². The van der Waals surface area contributed by atoms with Gasteiger partial charge in [-0.3, -0.25) is 9.48 Å². The number of anilines is 1. The van der Waals surface area contributed by atoms with Crippen LogP contribution in [-0.4, -0.2) is 20.7 Å². The van der Waals surface area contributed by atoms with Crippen LogP contribution in [0.25, 0.3) is 0 Å². The summed E-state index contributed by atoms with van der Waals surface area (Å²) in [6, 6.07) is 2.46. The Hall–Kier alpha value is -1.92. The molecule has 3 N–H and O–H groups in total. The highest BCUT2D eigenvalue weighted by atomic mass is 35.5. The predicted octanol–water partition coefficient (Wildman–Crippen LogP) is 1.11. The van der Waals surface area contributed by atoms with E-state index < -0.39 is 6.04 Å². The maximum atomic E-state index is 11.9. The number of carbonyl (C=O) groups is 1. The lowest BCUT2D eigenvalue weighted by Gasteiger charge is -2.09. The standard InChI is InChI=1S/C11H12ClN5O/c1-17-6-7(4-15-17)10(13)11(18)16-9-3-2-8(12)5-14-9/h2-6,10H,13H2,1H3,(H,14,16,18). The van der Waals surface area contributed by atoms with E-state index in [0.717, 1.165) is 0 Å². The number of nitrogens with zero attached hydrogens (tertiary/aromatic N) is 3. The average Bonchev–Trinajstić information content (AvgIpc) is 2.78. The topological polar surface area (TPSA) is 85.8 Å². The van der Waals surface area contributed by atoms with Gasteiger partial charge < -0.3 is 11.1 Å². The van der Waals surface area contributed by atoms with Crippen molar-refractivity contribution >= 4 is 23.3 Å². The zero-order valence-corrected chi connectivity index (χ0v) is 10.4. The van der Waals surface area contributed by atoms with Crippen molar-refractivity contribution in [1.82, 2.24) is 14.8 Å². The quantitative estimate of drug-likeness (QED) is 0.870. The first-order valence-corrected chi connectivity index (χ1v) is 5.60. The van der Waals surface area contributed by atoms with Crippen LogP contribution in [-0.2, 0) is 11.8 Å². The smallest absolute Gasteiger partial charge is 0.247 e. The number of pyridine rings is 1. The van der Waals surface area contributed by atoms with E-state index in [-0.39, 0.29) is 5.91 Å². The van der Waals surface area contributed by atoms with Crippen LogP contribution in [0, 0.1) is 0 Å². The van der Waals surface area contributed by atoms with E-state index in [2.05, 4.69) is 15.4 Å². The fourth-order valence-electron chi connectivity index (χ4n) is 1.41. The van der Waals surface area contributed by atoms with Crippen molar-refractivity contribution in [2.45, 2.75) is 6.04 Å². The normalized spacial score (nSPS) is 12.2. The van der Waals surface area contributed by atoms with Crippen molar-refractivity contribution in [3.05, 3.63) is 41.3 Å². The highest BCUT2D eigenvalue weighted by Crippen LogP contribution is 2.13. The SMILES string of the molecule is Cn1cc(C(N)C(=O)Nc2ccc(Cl)cn2)cn1. The lowest BCUT2D eigenvalue weighted by atomic mass is 10.1. The Labute approximate surface area is 109 Å². The molecule has 0 aromatic carbocycles. The van der Waals surface area contributed by atoms with Gasteiger partial charge in [0, 0.05) is 25.0 Å². The predicted molar refractivity (Wildman–Crippen MR) is 68.0 cm³/mol. The molecule has 0 saturated carbocycles. The van der Waals surface area contributed by atoms with E-state index in [1.165, 1.54) is 6.20 Å². The molecule has 0 fully saturated rings. The summed E-state index contributed by atoms with van der Waals surface area (Å²) in [6.07, 6.45) is 4.70. The molecule has 1 atom stereocenters. The van der Waals surface area contributed by atoms with E-state index in [0.29, 0.717) is 16.4 Å². The van der Waals surface area contributed by atoms with E-state index in [4.69, 9.17) is 17.3 Å². The molecular weight excluding hydrogens is 254 g/mol. The number of aromatic nitrogens is 3. The van der Waals surface area contributed by atoms with E-state index in [9.17, 15) is 4.79 Å². The van der Waals surface area contributed by atoms with Gasteiger partial charge in [-0.25, -0.2) is 4.98 Å². The highest BCUT2D eigenvalue weighted by Gasteiger charge is 2.17. The highest BCUT2D eigenvalue weighted by molar-refractivity contribution is 6.30. The number of rotatable bonds is 3. The van der Waals surface area contributed by atoms with Gasteiger partial charge in [0.1, 0.15) is 11.9 Å². The number of aryl methyl sites for hydroxylation is 1. The Morgan fingerprint density at radius 1 is 1.50 bits per heavy atom. The third kappa shape index (κ3) is 2.85. The van der Waals surface area contributed by atoms with Crippen LogP contribution < -0.4 is 11.1 Å². The number of nitrogens with one attached hydrogen (secondary N) is 1. The monoisotopic (exact) mass is 265 g/mol. The van der Waals surface area contributed by atoms with Crippen LogP contribution in [0.3, 0.4) is 0 Å². The molecule has 7 heteroatoms. The van der Waals surface area contributed by atoms with Crippen LogP contribution in [0.4, 0.5) is 5.82 Å². The molecular formula is C11H12ClN5O. The second kappa shape index (κ2) is 5.16. The van der Waals surface area contributed by atoms with Gasteiger partial charge in [-0.15, -0.1) is 0 Å². The summed E-state index contributed by atoms with van der Waals surface area (Å²) >= 11 is 5.70. The summed E-state index contributed by atoms with van der Waals surface area (Å²) in [5.41, 5.74) is 6.45. The molecule has 2 heterocycles. The largest absolute Gasteiger partial charge is 0.316 e. The van der Waals surface area contributed by atoms with Crippen LogP contribution in [0.2, 0.25) is 5.02 Å². The fourth-order valence-corrected chi connectivity index (χ4v) is 1.52. The minimum absolute atomic E-state index is 0.349. The third-order valence-corrected chi connectivity index (χ3v) is 2.57. The maximum Gasteiger partial charge on any atom is 0.247 e. The van der Waals surface area contributed by atoms with Gasteiger partial charge in [0.2, 0.25) is 5.91 Å². The van der Waals surface area contributed by atoms with Gasteiger partial charge in [0.15, 0.2) is 0 Å². The number of hydrogen-bond acceptors (Lipinski definition) is 4. The minimum atomic E-state index is -0.781. The Balaban J connectivity index is 2.05. The van der Waals surface area contributed by atoms with Crippen LogP contribution in [0.15, 0.2) is 30.7 Å². The minimum Gasteiger partial charge on any atom is -0.316 e. The molecule has 1 unspecified atom stereocenters. The third-order valence-electron chi connectivity index (χ3n) is 2.35. The molecule has 0 saturated heterocycles. The Morgan fingerprint density at radius 3 is 2.83 bits per heavy atom. The first-order valence-electron chi connectivity index (χ1n) is 5.23. The maximum absolute atomic E-state index is 11.9. The summed E-state index contributed by atoms with van der Waals surface area (Å²) in [7, 11) is 1.76. The summed E-state index contributed by atoms with van der Waals surface area (Å²) in [5.74, 6) is 0.0570. The molecule has 94 valence electrons. The summed E-state index contributed by atoms with van der Waals surface area (Å²) in [5, 5.41) is 7.07. The van der Waals surface area contributed by atoms with Gasteiger partial charge in [0.25, 0.3) is 0 Å². The summed E-state index contributed by atoms with van der Waals surface area (Å²) in [4.78, 5) is 15.8. The molecule has 2 rings (SSSR count). The molecule has 6 nitrogen and oxygen atoms in total. The molecule has 18 heavy (non-hydrogen) atoms. The van der Waals surface area contributed by atoms with Crippen molar-refractivity contribution in [2.24, 2.45) is 12.8 Å². The van der Waals surface area contributed by atoms with Crippen LogP contribution in [0.1, 0.15) is 11.6 Å². The van der Waals surface area contributed by atoms with Crippen molar-refractivity contribution in [3.8, 4) is 0 Å². The van der Waals surface area contributed by atoms with Crippen LogP contribution >= 0.6 is 11.6 Å². The van der Waals surface area contributed by atoms with Crippen molar-refractivity contribution in [3.63, 3.8) is 0 Å². The summed E-state index contributed by atoms with van der Waals surface area (Å²) < 4.78 is 1.59. The first-order chi connectivity index (χ1) is 8.56. The van der Waals surface area contributed by atoms with Gasteiger partial charge in [-0.2, -0.15) is 5.10 Å². The average molecular weight is 266 g/mol. The number of nitrogens with two attached hydrogens (primary N) is 1. The van der Waals surface area contributed by atoms with Gasteiger partial charge in [0.05, 0.1) is 11.2 Å². The molecule has 0 aliphatic rings. The molecule has 0 aliphatic carbocycles. The van der Waals surface area contributed by atoms with Gasteiger partial charge >= 0.3 is 0 Å². The molecule has 1 amide bonds. The number of carbonyl (C=O) groups excluding carboxylic acids is 1. The fraction of sp³-hybridized carbons (Fsp3) is 0.182. The van der Waals surface area contributed by atoms with Gasteiger partial charge in [-0.05, 0) is 12.1 Å². The first kappa shape index (κ1) is 12.5. The molecule has 0 bridgehead atoms. The summed E-state index contributed by atoms with van der Waals surface area (Å²) in [6.45, 7) is 0. The Kier molecular flexibility index (Phi) is 3.59. The van der Waals surface area contributed by atoms with E-state index >= 15 is 0 Å². The van der Waals surface area contributed by atoms with Crippen molar-refractivity contribution in [1.29, 1.82) is 0 Å². The lowest BCUT2D eigenvalue weighted by molar-refractivity contribution is -0.117. The van der Waals surface area contributed by atoms with E-state index in [1.54, 1.807) is 36.3 Å². The van der Waals surface area contributed by atoms with Crippen molar-refractivity contribution in [2.75, 3.05) is 5.32 Å². The second-order valence-electron chi connectivity index (χ2n) is 3.78. The zero-order chi connectivity index (χ0) is 13.1. The Bertz CT molecular complexity index is 551. The number of halogens is 1. The molecule has 0 radical (unpaired) electrons. The number of hydrogen-bond donors (Lipinski definition) is 2. The van der Waals surface area contributed by atoms with Gasteiger partial charge in [-0.1, -0.05) is 11.6 Å². The van der Waals surface area contributed by atoms with E-state index in [1.807, 2.05) is 0 Å². The van der Waals surface area contributed by atoms with Crippen LogP contribution in [0.5, 0.6) is 0 Å². The Morgan fingerprint density at radius 2 is 2.28 bits per heavy atom. The molecule has 0 aliphatic heterocycles. The molecule has 2 aromatic heterocycles.